The minimum Gasteiger partial charge on any atom is -0.466 e. The molecule has 0 fully saturated rings. The van der Waals surface area contributed by atoms with Crippen LogP contribution in [-0.2, 0) is 28.6 Å². The molecule has 1 atom stereocenters. The monoisotopic (exact) mass is 373 g/mol. The van der Waals surface area contributed by atoms with E-state index < -0.39 is 47.5 Å². The lowest BCUT2D eigenvalue weighted by atomic mass is 9.82. The van der Waals surface area contributed by atoms with E-state index in [0.717, 1.165) is 7.11 Å². The molecule has 0 aliphatic carbocycles. The first-order valence-corrected chi connectivity index (χ1v) is 8.48. The number of ketones is 1. The molecule has 0 saturated heterocycles. The molecule has 0 aromatic rings. The summed E-state index contributed by atoms with van der Waals surface area (Å²) in [5, 5.41) is 2.53. The van der Waals surface area contributed by atoms with Crippen LogP contribution in [0, 0.1) is 11.3 Å². The van der Waals surface area contributed by atoms with E-state index in [4.69, 9.17) is 9.47 Å². The van der Waals surface area contributed by atoms with Crippen LogP contribution in [0.25, 0.3) is 0 Å². The van der Waals surface area contributed by atoms with Gasteiger partial charge in [-0.25, -0.2) is 9.59 Å². The normalized spacial score (nSPS) is 13.0. The second kappa shape index (κ2) is 9.54. The predicted octanol–water partition coefficient (Wildman–Crippen LogP) is 2.24. The highest BCUT2D eigenvalue weighted by Gasteiger charge is 2.42. The van der Waals surface area contributed by atoms with Gasteiger partial charge in [0.05, 0.1) is 13.2 Å². The summed E-state index contributed by atoms with van der Waals surface area (Å²) in [5.74, 6) is -2.03. The number of esters is 2. The zero-order chi connectivity index (χ0) is 20.7. The largest absolute Gasteiger partial charge is 0.466 e. The third-order valence-electron chi connectivity index (χ3n) is 3.39. The van der Waals surface area contributed by atoms with Crippen molar-refractivity contribution >= 4 is 23.8 Å². The number of methoxy groups -OCH3 is 1. The average Bonchev–Trinajstić information content (AvgIpc) is 2.48. The molecule has 8 nitrogen and oxygen atoms in total. The molecule has 0 unspecified atom stereocenters. The highest BCUT2D eigenvalue weighted by Crippen LogP contribution is 2.24. The third-order valence-corrected chi connectivity index (χ3v) is 3.39. The van der Waals surface area contributed by atoms with E-state index in [2.05, 4.69) is 10.1 Å². The molecule has 26 heavy (non-hydrogen) atoms. The highest BCUT2D eigenvalue weighted by atomic mass is 16.6. The Labute approximate surface area is 154 Å². The molecule has 0 bridgehead atoms. The fourth-order valence-electron chi connectivity index (χ4n) is 2.05. The van der Waals surface area contributed by atoms with Crippen LogP contribution in [0.5, 0.6) is 0 Å². The summed E-state index contributed by atoms with van der Waals surface area (Å²) in [6.07, 6.45) is -0.415. The van der Waals surface area contributed by atoms with Crippen molar-refractivity contribution in [1.82, 2.24) is 5.32 Å². The summed E-state index contributed by atoms with van der Waals surface area (Å²) < 4.78 is 14.4. The summed E-state index contributed by atoms with van der Waals surface area (Å²) >= 11 is 0. The first-order chi connectivity index (χ1) is 11.7. The van der Waals surface area contributed by atoms with Crippen molar-refractivity contribution in [2.45, 2.75) is 66.5 Å². The van der Waals surface area contributed by atoms with Crippen LogP contribution in [0.1, 0.15) is 54.9 Å². The fraction of sp³-hybridized carbons (Fsp3) is 0.778. The molecule has 1 N–H and O–H groups in total. The maximum absolute atomic E-state index is 12.9. The molecule has 1 amide bonds. The van der Waals surface area contributed by atoms with Crippen molar-refractivity contribution in [3.8, 4) is 0 Å². The number of rotatable bonds is 8. The first kappa shape index (κ1) is 23.9. The number of ether oxygens (including phenoxy) is 3. The number of Topliss-reactive ketones (excluding diaryl/α,β-unsaturated/α-hetero) is 1. The maximum atomic E-state index is 12.9. The Morgan fingerprint density at radius 2 is 1.54 bits per heavy atom. The van der Waals surface area contributed by atoms with E-state index in [9.17, 15) is 19.2 Å². The molecule has 8 heteroatoms. The quantitative estimate of drug-likeness (QED) is 0.395. The highest BCUT2D eigenvalue weighted by molar-refractivity contribution is 6.06. The molecule has 0 saturated carbocycles. The number of hydrogen-bond donors (Lipinski definition) is 1. The van der Waals surface area contributed by atoms with E-state index >= 15 is 0 Å². The van der Waals surface area contributed by atoms with Gasteiger partial charge in [-0.15, -0.1) is 0 Å². The molecule has 150 valence electrons. The van der Waals surface area contributed by atoms with Gasteiger partial charge in [0, 0.05) is 0 Å². The molecule has 0 heterocycles. The van der Waals surface area contributed by atoms with Gasteiger partial charge in [0.15, 0.2) is 12.4 Å². The summed E-state index contributed by atoms with van der Waals surface area (Å²) in [4.78, 5) is 48.3. The van der Waals surface area contributed by atoms with Crippen LogP contribution < -0.4 is 5.32 Å². The molecule has 0 radical (unpaired) electrons. The fourth-order valence-corrected chi connectivity index (χ4v) is 2.05. The molecule has 0 aliphatic heterocycles. The Morgan fingerprint density at radius 3 is 1.96 bits per heavy atom. The Balaban J connectivity index is 5.22. The Kier molecular flexibility index (Phi) is 8.76. The van der Waals surface area contributed by atoms with E-state index in [1.165, 1.54) is 13.8 Å². The van der Waals surface area contributed by atoms with Crippen molar-refractivity contribution in [2.75, 3.05) is 13.7 Å². The molecular weight excluding hydrogens is 342 g/mol. The molecule has 0 spiro atoms. The predicted molar refractivity (Wildman–Crippen MR) is 94.4 cm³/mol. The van der Waals surface area contributed by atoms with E-state index in [1.54, 1.807) is 20.8 Å². The molecule has 0 rings (SSSR count). The van der Waals surface area contributed by atoms with E-state index in [0.29, 0.717) is 6.42 Å². The second-order valence-corrected chi connectivity index (χ2v) is 7.97. The Hall–Kier alpha value is -2.12. The maximum Gasteiger partial charge on any atom is 0.408 e. The lowest BCUT2D eigenvalue weighted by Gasteiger charge is -2.29. The summed E-state index contributed by atoms with van der Waals surface area (Å²) in [7, 11) is 1.16. The molecule has 0 aliphatic rings. The standard InChI is InChI=1S/C18H31NO7/c1-11(2)9-12(19-16(23)26-17(3,4)5)14(21)18(6,7)15(22)25-10-13(20)24-8/h11-12H,9-10H2,1-8H3,(H,19,23)/t12-/m0/s1. The zero-order valence-electron chi connectivity index (χ0n) is 16.9. The average molecular weight is 373 g/mol. The van der Waals surface area contributed by atoms with Gasteiger partial charge in [0.1, 0.15) is 11.0 Å². The Morgan fingerprint density at radius 1 is 1.00 bits per heavy atom. The zero-order valence-corrected chi connectivity index (χ0v) is 16.9. The van der Waals surface area contributed by atoms with Crippen LogP contribution >= 0.6 is 0 Å². The third kappa shape index (κ3) is 8.31. The number of carbonyl (C=O) groups excluding carboxylic acids is 4. The number of hydrogen-bond acceptors (Lipinski definition) is 7. The van der Waals surface area contributed by atoms with Crippen LogP contribution in [0.3, 0.4) is 0 Å². The summed E-state index contributed by atoms with van der Waals surface area (Å²) in [6, 6.07) is -0.925. The minimum atomic E-state index is -1.55. The van der Waals surface area contributed by atoms with E-state index in [1.807, 2.05) is 13.8 Å². The lowest BCUT2D eigenvalue weighted by Crippen LogP contribution is -2.51. The Bertz CT molecular complexity index is 532. The molecule has 0 aromatic carbocycles. The van der Waals surface area contributed by atoms with Crippen molar-refractivity contribution in [1.29, 1.82) is 0 Å². The van der Waals surface area contributed by atoms with Gasteiger partial charge in [0.2, 0.25) is 0 Å². The number of alkyl carbamates (subject to hydrolysis) is 1. The summed E-state index contributed by atoms with van der Waals surface area (Å²) in [6.45, 7) is 11.1. The van der Waals surface area contributed by atoms with Crippen molar-refractivity contribution in [2.24, 2.45) is 11.3 Å². The second-order valence-electron chi connectivity index (χ2n) is 7.97. The van der Waals surface area contributed by atoms with Crippen LogP contribution in [0.4, 0.5) is 4.79 Å². The topological polar surface area (TPSA) is 108 Å². The van der Waals surface area contributed by atoms with Gasteiger partial charge in [-0.05, 0) is 47.0 Å². The number of nitrogens with one attached hydrogen (secondary N) is 1. The van der Waals surface area contributed by atoms with Crippen LogP contribution in [0.15, 0.2) is 0 Å². The van der Waals surface area contributed by atoms with Crippen LogP contribution in [0.2, 0.25) is 0 Å². The van der Waals surface area contributed by atoms with Gasteiger partial charge in [-0.1, -0.05) is 13.8 Å². The van der Waals surface area contributed by atoms with Gasteiger partial charge in [0.25, 0.3) is 0 Å². The number of amides is 1. The van der Waals surface area contributed by atoms with Gasteiger partial charge >= 0.3 is 18.0 Å². The van der Waals surface area contributed by atoms with Crippen LogP contribution in [-0.4, -0.2) is 49.2 Å². The molecular formula is C18H31NO7. The smallest absolute Gasteiger partial charge is 0.408 e. The SMILES string of the molecule is COC(=O)COC(=O)C(C)(C)C(=O)[C@H](CC(C)C)NC(=O)OC(C)(C)C. The number of carbonyl (C=O) groups is 4. The first-order valence-electron chi connectivity index (χ1n) is 8.48. The van der Waals surface area contributed by atoms with Gasteiger partial charge in [-0.2, -0.15) is 0 Å². The van der Waals surface area contributed by atoms with Crippen molar-refractivity contribution in [3.05, 3.63) is 0 Å². The van der Waals surface area contributed by atoms with Crippen molar-refractivity contribution < 1.29 is 33.4 Å². The summed E-state index contributed by atoms with van der Waals surface area (Å²) in [5.41, 5.74) is -2.27. The molecule has 0 aromatic heterocycles. The van der Waals surface area contributed by atoms with E-state index in [-0.39, 0.29) is 5.92 Å². The van der Waals surface area contributed by atoms with Gasteiger partial charge in [-0.3, -0.25) is 9.59 Å². The van der Waals surface area contributed by atoms with Gasteiger partial charge < -0.3 is 19.5 Å². The van der Waals surface area contributed by atoms with Crippen molar-refractivity contribution in [3.63, 3.8) is 0 Å². The minimum absolute atomic E-state index is 0.0841. The lowest BCUT2D eigenvalue weighted by molar-refractivity contribution is -0.166.